The molecule has 96 valence electrons. The molecule has 0 bridgehead atoms. The highest BCUT2D eigenvalue weighted by molar-refractivity contribution is 5.71. The van der Waals surface area contributed by atoms with E-state index in [-0.39, 0.29) is 6.42 Å². The Bertz CT molecular complexity index is 682. The third-order valence-electron chi connectivity index (χ3n) is 2.88. The van der Waals surface area contributed by atoms with Gasteiger partial charge in [-0.25, -0.2) is 9.67 Å². The third-order valence-corrected chi connectivity index (χ3v) is 2.88. The van der Waals surface area contributed by atoms with E-state index in [1.54, 1.807) is 32.2 Å². The minimum Gasteiger partial charge on any atom is -0.481 e. The van der Waals surface area contributed by atoms with Crippen molar-refractivity contribution in [2.24, 2.45) is 0 Å². The first-order valence-electron chi connectivity index (χ1n) is 5.67. The Hall–Kier alpha value is -2.68. The molecule has 2 rings (SSSR count). The summed E-state index contributed by atoms with van der Waals surface area (Å²) in [6, 6.07) is 5.37. The summed E-state index contributed by atoms with van der Waals surface area (Å²) in [5.74, 6) is -0.491. The predicted octanol–water partition coefficient (Wildman–Crippen LogP) is 1.38. The second kappa shape index (κ2) is 4.90. The Morgan fingerprint density at radius 2 is 2.26 bits per heavy atom. The zero-order valence-corrected chi connectivity index (χ0v) is 10.6. The normalized spacial score (nSPS) is 10.2. The van der Waals surface area contributed by atoms with Crippen molar-refractivity contribution in [1.82, 2.24) is 14.8 Å². The van der Waals surface area contributed by atoms with Crippen LogP contribution < -0.4 is 0 Å². The molecule has 0 fully saturated rings. The number of hydrogen-bond donors (Lipinski definition) is 1. The summed E-state index contributed by atoms with van der Waals surface area (Å²) in [5.41, 5.74) is 2.38. The highest BCUT2D eigenvalue weighted by Gasteiger charge is 2.17. The largest absolute Gasteiger partial charge is 0.481 e. The van der Waals surface area contributed by atoms with Crippen molar-refractivity contribution in [2.75, 3.05) is 0 Å². The minimum atomic E-state index is -0.910. The summed E-state index contributed by atoms with van der Waals surface area (Å²) in [6.45, 7) is 3.52. The van der Waals surface area contributed by atoms with Crippen LogP contribution in [0.3, 0.4) is 0 Å². The molecule has 0 aliphatic carbocycles. The van der Waals surface area contributed by atoms with Gasteiger partial charge in [-0.2, -0.15) is 10.4 Å². The van der Waals surface area contributed by atoms with Gasteiger partial charge in [0.2, 0.25) is 0 Å². The second-order valence-corrected chi connectivity index (χ2v) is 4.12. The number of nitrogens with zero attached hydrogens (tertiary/aromatic N) is 4. The lowest BCUT2D eigenvalue weighted by atomic mass is 10.1. The topological polar surface area (TPSA) is 91.8 Å². The maximum absolute atomic E-state index is 10.8. The van der Waals surface area contributed by atoms with Crippen LogP contribution in [-0.4, -0.2) is 25.8 Å². The van der Waals surface area contributed by atoms with Crippen LogP contribution in [0.1, 0.15) is 22.5 Å². The van der Waals surface area contributed by atoms with Gasteiger partial charge in [-0.05, 0) is 26.0 Å². The minimum absolute atomic E-state index is 0.0909. The van der Waals surface area contributed by atoms with Crippen molar-refractivity contribution >= 4 is 5.97 Å². The van der Waals surface area contributed by atoms with Gasteiger partial charge in [-0.3, -0.25) is 4.79 Å². The van der Waals surface area contributed by atoms with Crippen molar-refractivity contribution in [2.45, 2.75) is 20.3 Å². The molecule has 0 saturated heterocycles. The molecule has 6 heteroatoms. The molecule has 0 saturated carbocycles. The van der Waals surface area contributed by atoms with E-state index in [0.29, 0.717) is 28.3 Å². The van der Waals surface area contributed by atoms with E-state index in [4.69, 9.17) is 10.4 Å². The van der Waals surface area contributed by atoms with Crippen LogP contribution in [0.2, 0.25) is 0 Å². The Morgan fingerprint density at radius 1 is 1.53 bits per heavy atom. The Balaban J connectivity index is 2.59. The van der Waals surface area contributed by atoms with Gasteiger partial charge in [0.05, 0.1) is 17.7 Å². The maximum atomic E-state index is 10.8. The number of hydrogen-bond acceptors (Lipinski definition) is 4. The number of nitriles is 1. The molecule has 2 aromatic heterocycles. The standard InChI is InChI=1S/C13H12N4O2/c1-8-11(6-12(18)19)9(2)17(16-8)13-10(7-14)4-3-5-15-13/h3-5H,6H2,1-2H3,(H,18,19). The molecule has 2 heterocycles. The smallest absolute Gasteiger partial charge is 0.307 e. The lowest BCUT2D eigenvalue weighted by Gasteiger charge is -2.05. The number of aliphatic carboxylic acids is 1. The summed E-state index contributed by atoms with van der Waals surface area (Å²) in [7, 11) is 0. The molecule has 0 radical (unpaired) electrons. The Morgan fingerprint density at radius 3 is 2.89 bits per heavy atom. The number of carboxylic acids is 1. The summed E-state index contributed by atoms with van der Waals surface area (Å²) < 4.78 is 1.52. The molecule has 1 N–H and O–H groups in total. The van der Waals surface area contributed by atoms with E-state index in [1.165, 1.54) is 4.68 Å². The van der Waals surface area contributed by atoms with Crippen LogP contribution in [0, 0.1) is 25.2 Å². The van der Waals surface area contributed by atoms with Crippen LogP contribution in [0.4, 0.5) is 0 Å². The number of carbonyl (C=O) groups is 1. The molecule has 2 aromatic rings. The molecule has 0 atom stereocenters. The first-order valence-corrected chi connectivity index (χ1v) is 5.67. The molecule has 0 aromatic carbocycles. The summed E-state index contributed by atoms with van der Waals surface area (Å²) in [5, 5.41) is 22.2. The number of rotatable bonds is 3. The first-order chi connectivity index (χ1) is 9.04. The second-order valence-electron chi connectivity index (χ2n) is 4.12. The molecular formula is C13H12N4O2. The van der Waals surface area contributed by atoms with Crippen molar-refractivity contribution in [3.63, 3.8) is 0 Å². The number of pyridine rings is 1. The van der Waals surface area contributed by atoms with Crippen molar-refractivity contribution in [1.29, 1.82) is 5.26 Å². The van der Waals surface area contributed by atoms with E-state index >= 15 is 0 Å². The number of aryl methyl sites for hydroxylation is 1. The van der Waals surface area contributed by atoms with Gasteiger partial charge in [0.15, 0.2) is 5.82 Å². The van der Waals surface area contributed by atoms with Crippen LogP contribution in [0.5, 0.6) is 0 Å². The molecule has 0 amide bonds. The number of carboxylic acid groups (broad SMARTS) is 1. The highest BCUT2D eigenvalue weighted by Crippen LogP contribution is 2.19. The molecule has 0 unspecified atom stereocenters. The average Bonchev–Trinajstić information content (AvgIpc) is 2.66. The fraction of sp³-hybridized carbons (Fsp3) is 0.231. The van der Waals surface area contributed by atoms with Crippen molar-refractivity contribution < 1.29 is 9.90 Å². The van der Waals surface area contributed by atoms with Gasteiger partial charge in [-0.15, -0.1) is 0 Å². The van der Waals surface area contributed by atoms with Crippen LogP contribution in [-0.2, 0) is 11.2 Å². The zero-order chi connectivity index (χ0) is 14.0. The predicted molar refractivity (Wildman–Crippen MR) is 66.9 cm³/mol. The van der Waals surface area contributed by atoms with Crippen molar-refractivity contribution in [3.8, 4) is 11.9 Å². The zero-order valence-electron chi connectivity index (χ0n) is 10.6. The third kappa shape index (κ3) is 2.31. The lowest BCUT2D eigenvalue weighted by molar-refractivity contribution is -0.136. The molecule has 19 heavy (non-hydrogen) atoms. The van der Waals surface area contributed by atoms with Gasteiger partial charge in [-0.1, -0.05) is 0 Å². The summed E-state index contributed by atoms with van der Waals surface area (Å²) in [4.78, 5) is 15.0. The van der Waals surface area contributed by atoms with Gasteiger partial charge in [0.25, 0.3) is 0 Å². The molecular weight excluding hydrogens is 244 g/mol. The van der Waals surface area contributed by atoms with Gasteiger partial charge in [0.1, 0.15) is 6.07 Å². The Kier molecular flexibility index (Phi) is 3.29. The first kappa shape index (κ1) is 12.8. The monoisotopic (exact) mass is 256 g/mol. The molecule has 0 aliphatic rings. The molecule has 6 nitrogen and oxygen atoms in total. The Labute approximate surface area is 109 Å². The SMILES string of the molecule is Cc1nn(-c2ncccc2C#N)c(C)c1CC(=O)O. The molecule has 0 aliphatic heterocycles. The summed E-state index contributed by atoms with van der Waals surface area (Å²) >= 11 is 0. The number of aromatic nitrogens is 3. The fourth-order valence-electron chi connectivity index (χ4n) is 1.94. The highest BCUT2D eigenvalue weighted by atomic mass is 16.4. The average molecular weight is 256 g/mol. The van der Waals surface area contributed by atoms with Crippen LogP contribution >= 0.6 is 0 Å². The van der Waals surface area contributed by atoms with Gasteiger partial charge in [0, 0.05) is 17.5 Å². The summed E-state index contributed by atoms with van der Waals surface area (Å²) in [6.07, 6.45) is 1.48. The van der Waals surface area contributed by atoms with Crippen molar-refractivity contribution in [3.05, 3.63) is 40.8 Å². The maximum Gasteiger partial charge on any atom is 0.307 e. The van der Waals surface area contributed by atoms with Gasteiger partial charge < -0.3 is 5.11 Å². The lowest BCUT2D eigenvalue weighted by Crippen LogP contribution is -2.06. The fourth-order valence-corrected chi connectivity index (χ4v) is 1.94. The quantitative estimate of drug-likeness (QED) is 0.895. The van der Waals surface area contributed by atoms with Gasteiger partial charge >= 0.3 is 5.97 Å². The molecule has 0 spiro atoms. The van der Waals surface area contributed by atoms with E-state index in [9.17, 15) is 4.79 Å². The van der Waals surface area contributed by atoms with E-state index < -0.39 is 5.97 Å². The van der Waals surface area contributed by atoms with E-state index in [1.807, 2.05) is 0 Å². The van der Waals surface area contributed by atoms with Crippen LogP contribution in [0.15, 0.2) is 18.3 Å². The van der Waals surface area contributed by atoms with Crippen LogP contribution in [0.25, 0.3) is 5.82 Å². The van der Waals surface area contributed by atoms with E-state index in [2.05, 4.69) is 16.2 Å². The van der Waals surface area contributed by atoms with E-state index in [0.717, 1.165) is 0 Å².